The highest BCUT2D eigenvalue weighted by molar-refractivity contribution is 7.99. The number of hydrogen-bond donors (Lipinski definition) is 1. The monoisotopic (exact) mass is 262 g/mol. The van der Waals surface area contributed by atoms with Crippen molar-refractivity contribution in [1.82, 2.24) is 5.32 Å². The summed E-state index contributed by atoms with van der Waals surface area (Å²) in [5, 5.41) is 12.0. The van der Waals surface area contributed by atoms with Crippen molar-refractivity contribution in [2.24, 2.45) is 0 Å². The molecule has 18 heavy (non-hydrogen) atoms. The van der Waals surface area contributed by atoms with Crippen LogP contribution in [0.15, 0.2) is 30.3 Å². The van der Waals surface area contributed by atoms with Crippen LogP contribution >= 0.6 is 11.8 Å². The number of hydrogen-bond acceptors (Lipinski definition) is 3. The van der Waals surface area contributed by atoms with E-state index in [2.05, 4.69) is 18.3 Å². The zero-order valence-electron chi connectivity index (χ0n) is 10.7. The van der Waals surface area contributed by atoms with Crippen molar-refractivity contribution in [2.45, 2.75) is 25.8 Å². The summed E-state index contributed by atoms with van der Waals surface area (Å²) in [6, 6.07) is 11.3. The number of thioether (sulfide) groups is 1. The molecule has 1 amide bonds. The van der Waals surface area contributed by atoms with Crippen LogP contribution in [0.4, 0.5) is 0 Å². The Bertz CT molecular complexity index is 414. The smallest absolute Gasteiger partial charge is 0.242 e. The molecule has 3 nitrogen and oxygen atoms in total. The molecule has 0 heterocycles. The zero-order chi connectivity index (χ0) is 13.4. The molecule has 0 bridgehead atoms. The maximum Gasteiger partial charge on any atom is 0.242 e. The third kappa shape index (κ3) is 4.42. The lowest BCUT2D eigenvalue weighted by atomic mass is 10.00. The minimum atomic E-state index is -0.722. The van der Waals surface area contributed by atoms with Crippen molar-refractivity contribution < 1.29 is 4.79 Å². The summed E-state index contributed by atoms with van der Waals surface area (Å²) in [7, 11) is 0. The van der Waals surface area contributed by atoms with Crippen LogP contribution in [0.3, 0.4) is 0 Å². The fourth-order valence-electron chi connectivity index (χ4n) is 1.59. The van der Waals surface area contributed by atoms with Gasteiger partial charge in [-0.05, 0) is 18.2 Å². The van der Waals surface area contributed by atoms with Gasteiger partial charge in [-0.3, -0.25) is 4.79 Å². The van der Waals surface area contributed by atoms with Crippen LogP contribution in [-0.4, -0.2) is 23.5 Å². The standard InChI is InChI=1S/C14H18N2OS/c1-3-18-10-11(2)16-14(17)13(9-15)12-7-5-4-6-8-12/h4-8,11,13H,3,10H2,1-2H3,(H,16,17). The average molecular weight is 262 g/mol. The SMILES string of the molecule is CCSCC(C)NC(=O)C(C#N)c1ccccc1. The minimum Gasteiger partial charge on any atom is -0.351 e. The van der Waals surface area contributed by atoms with Crippen LogP contribution in [0.25, 0.3) is 0 Å². The van der Waals surface area contributed by atoms with Gasteiger partial charge < -0.3 is 5.32 Å². The molecule has 0 aliphatic heterocycles. The summed E-state index contributed by atoms with van der Waals surface area (Å²) in [5.74, 6) is 0.962. The largest absolute Gasteiger partial charge is 0.351 e. The molecule has 0 saturated heterocycles. The molecule has 2 unspecified atom stereocenters. The van der Waals surface area contributed by atoms with Gasteiger partial charge in [-0.15, -0.1) is 0 Å². The molecule has 2 atom stereocenters. The van der Waals surface area contributed by atoms with E-state index in [0.717, 1.165) is 17.1 Å². The lowest BCUT2D eigenvalue weighted by Gasteiger charge is -2.16. The van der Waals surface area contributed by atoms with E-state index < -0.39 is 5.92 Å². The molecular weight excluding hydrogens is 244 g/mol. The number of benzene rings is 1. The Balaban J connectivity index is 2.62. The van der Waals surface area contributed by atoms with E-state index in [-0.39, 0.29) is 11.9 Å². The molecule has 0 saturated carbocycles. The van der Waals surface area contributed by atoms with Crippen LogP contribution in [0.5, 0.6) is 0 Å². The van der Waals surface area contributed by atoms with E-state index in [1.165, 1.54) is 0 Å². The van der Waals surface area contributed by atoms with Gasteiger partial charge in [0.15, 0.2) is 0 Å². The maximum absolute atomic E-state index is 12.0. The first-order valence-electron chi connectivity index (χ1n) is 6.01. The molecular formula is C14H18N2OS. The van der Waals surface area contributed by atoms with Crippen molar-refractivity contribution >= 4 is 17.7 Å². The summed E-state index contributed by atoms with van der Waals surface area (Å²) in [6.07, 6.45) is 0. The van der Waals surface area contributed by atoms with Crippen molar-refractivity contribution in [3.8, 4) is 6.07 Å². The molecule has 0 spiro atoms. The fraction of sp³-hybridized carbons (Fsp3) is 0.429. The number of rotatable bonds is 6. The zero-order valence-corrected chi connectivity index (χ0v) is 11.5. The Hall–Kier alpha value is -1.47. The van der Waals surface area contributed by atoms with Gasteiger partial charge in [0.2, 0.25) is 5.91 Å². The highest BCUT2D eigenvalue weighted by Gasteiger charge is 2.21. The number of carbonyl (C=O) groups excluding carboxylic acids is 1. The molecule has 4 heteroatoms. The summed E-state index contributed by atoms with van der Waals surface area (Å²) < 4.78 is 0. The van der Waals surface area contributed by atoms with Gasteiger partial charge >= 0.3 is 0 Å². The molecule has 1 N–H and O–H groups in total. The Morgan fingerprint density at radius 3 is 2.67 bits per heavy atom. The number of nitrogens with one attached hydrogen (secondary N) is 1. The van der Waals surface area contributed by atoms with Crippen molar-refractivity contribution in [1.29, 1.82) is 5.26 Å². The minimum absolute atomic E-state index is 0.0852. The van der Waals surface area contributed by atoms with Gasteiger partial charge in [-0.1, -0.05) is 37.3 Å². The van der Waals surface area contributed by atoms with E-state index in [4.69, 9.17) is 5.26 Å². The molecule has 0 aromatic heterocycles. The second kappa shape index (κ2) is 7.78. The van der Waals surface area contributed by atoms with Crippen molar-refractivity contribution in [3.63, 3.8) is 0 Å². The third-order valence-electron chi connectivity index (χ3n) is 2.48. The molecule has 1 aromatic rings. The van der Waals surface area contributed by atoms with E-state index >= 15 is 0 Å². The molecule has 0 aliphatic carbocycles. The van der Waals surface area contributed by atoms with E-state index in [0.29, 0.717) is 0 Å². The van der Waals surface area contributed by atoms with Gasteiger partial charge in [0.05, 0.1) is 6.07 Å². The van der Waals surface area contributed by atoms with Crippen LogP contribution in [0.1, 0.15) is 25.3 Å². The Morgan fingerprint density at radius 1 is 1.44 bits per heavy atom. The van der Waals surface area contributed by atoms with E-state index in [1.54, 1.807) is 23.9 Å². The topological polar surface area (TPSA) is 52.9 Å². The molecule has 1 rings (SSSR count). The second-order valence-corrected chi connectivity index (χ2v) is 5.36. The highest BCUT2D eigenvalue weighted by atomic mass is 32.2. The summed E-state index contributed by atoms with van der Waals surface area (Å²) in [4.78, 5) is 12.0. The number of nitrogens with zero attached hydrogens (tertiary/aromatic N) is 1. The average Bonchev–Trinajstić information content (AvgIpc) is 2.38. The maximum atomic E-state index is 12.0. The second-order valence-electron chi connectivity index (χ2n) is 4.04. The predicted octanol–water partition coefficient (Wildman–Crippen LogP) is 2.55. The number of amides is 1. The third-order valence-corrected chi connectivity index (χ3v) is 3.63. The van der Waals surface area contributed by atoms with Crippen molar-refractivity contribution in [2.75, 3.05) is 11.5 Å². The first kappa shape index (κ1) is 14.6. The van der Waals surface area contributed by atoms with Gasteiger partial charge in [0.25, 0.3) is 0 Å². The number of carbonyl (C=O) groups is 1. The fourth-order valence-corrected chi connectivity index (χ4v) is 2.27. The normalized spacial score (nSPS) is 13.4. The quantitative estimate of drug-likeness (QED) is 0.857. The van der Waals surface area contributed by atoms with E-state index in [9.17, 15) is 4.79 Å². The summed E-state index contributed by atoms with van der Waals surface area (Å²) >= 11 is 1.78. The van der Waals surface area contributed by atoms with Gasteiger partial charge in [0, 0.05) is 11.8 Å². The predicted molar refractivity (Wildman–Crippen MR) is 75.4 cm³/mol. The Kier molecular flexibility index (Phi) is 6.31. The first-order valence-corrected chi connectivity index (χ1v) is 7.17. The lowest BCUT2D eigenvalue weighted by molar-refractivity contribution is -0.121. The molecule has 1 aromatic carbocycles. The molecule has 96 valence electrons. The van der Waals surface area contributed by atoms with Crippen LogP contribution < -0.4 is 5.32 Å². The van der Waals surface area contributed by atoms with E-state index in [1.807, 2.05) is 25.1 Å². The number of nitriles is 1. The Morgan fingerprint density at radius 2 is 2.11 bits per heavy atom. The van der Waals surface area contributed by atoms with Crippen LogP contribution in [0.2, 0.25) is 0 Å². The molecule has 0 aliphatic rings. The van der Waals surface area contributed by atoms with Crippen molar-refractivity contribution in [3.05, 3.63) is 35.9 Å². The van der Waals surface area contributed by atoms with Gasteiger partial charge in [0.1, 0.15) is 5.92 Å². The molecule has 0 fully saturated rings. The van der Waals surface area contributed by atoms with Gasteiger partial charge in [-0.2, -0.15) is 17.0 Å². The highest BCUT2D eigenvalue weighted by Crippen LogP contribution is 2.15. The lowest BCUT2D eigenvalue weighted by Crippen LogP contribution is -2.37. The molecule has 0 radical (unpaired) electrons. The van der Waals surface area contributed by atoms with Crippen LogP contribution in [-0.2, 0) is 4.79 Å². The Labute approximate surface area is 113 Å². The first-order chi connectivity index (χ1) is 8.69. The van der Waals surface area contributed by atoms with Gasteiger partial charge in [-0.25, -0.2) is 0 Å². The van der Waals surface area contributed by atoms with Crippen LogP contribution in [0, 0.1) is 11.3 Å². The summed E-state index contributed by atoms with van der Waals surface area (Å²) in [5.41, 5.74) is 0.743. The summed E-state index contributed by atoms with van der Waals surface area (Å²) in [6.45, 7) is 4.04.